The van der Waals surface area contributed by atoms with E-state index in [1.54, 1.807) is 19.1 Å². The smallest absolute Gasteiger partial charge is 0.422 e. The zero-order valence-electron chi connectivity index (χ0n) is 8.54. The summed E-state index contributed by atoms with van der Waals surface area (Å²) >= 11 is 0. The van der Waals surface area contributed by atoms with Gasteiger partial charge in [0, 0.05) is 12.1 Å². The van der Waals surface area contributed by atoms with E-state index in [0.29, 0.717) is 11.3 Å². The van der Waals surface area contributed by atoms with Crippen molar-refractivity contribution in [3.63, 3.8) is 0 Å². The van der Waals surface area contributed by atoms with E-state index in [9.17, 15) is 13.2 Å². The number of nitrogens with zero attached hydrogens (tertiary/aromatic N) is 1. The molecule has 0 aliphatic rings. The van der Waals surface area contributed by atoms with E-state index >= 15 is 0 Å². The molecule has 0 saturated carbocycles. The Kier molecular flexibility index (Phi) is 5.53. The van der Waals surface area contributed by atoms with Gasteiger partial charge in [-0.25, -0.2) is 4.98 Å². The maximum absolute atomic E-state index is 11.9. The van der Waals surface area contributed by atoms with Crippen LogP contribution in [0, 0.1) is 6.92 Å². The molecule has 1 aromatic heterocycles. The van der Waals surface area contributed by atoms with Gasteiger partial charge in [0.05, 0.1) is 5.69 Å². The fraction of sp³-hybridized carbons (Fsp3) is 0.444. The van der Waals surface area contributed by atoms with Crippen LogP contribution in [0.1, 0.15) is 11.3 Å². The number of rotatable bonds is 3. The third kappa shape index (κ3) is 4.67. The molecular formula is C9H12ClF3N2O. The molecule has 92 valence electrons. The number of nitrogens with two attached hydrogens (primary N) is 1. The lowest BCUT2D eigenvalue weighted by Gasteiger charge is -2.10. The van der Waals surface area contributed by atoms with Crippen LogP contribution in [0.25, 0.3) is 0 Å². The number of ether oxygens (including phenoxy) is 1. The van der Waals surface area contributed by atoms with Crippen molar-refractivity contribution >= 4 is 12.4 Å². The second-order valence-electron chi connectivity index (χ2n) is 3.03. The van der Waals surface area contributed by atoms with Gasteiger partial charge in [0.2, 0.25) is 5.88 Å². The highest BCUT2D eigenvalue weighted by Gasteiger charge is 2.28. The first kappa shape index (κ1) is 15.0. The summed E-state index contributed by atoms with van der Waals surface area (Å²) < 4.78 is 40.2. The van der Waals surface area contributed by atoms with Crippen LogP contribution in [0.2, 0.25) is 0 Å². The number of pyridine rings is 1. The van der Waals surface area contributed by atoms with Gasteiger partial charge in [-0.1, -0.05) is 6.07 Å². The van der Waals surface area contributed by atoms with Crippen molar-refractivity contribution in [2.45, 2.75) is 19.6 Å². The van der Waals surface area contributed by atoms with E-state index < -0.39 is 12.8 Å². The first-order valence-electron chi connectivity index (χ1n) is 4.28. The van der Waals surface area contributed by atoms with E-state index in [2.05, 4.69) is 9.72 Å². The molecule has 0 amide bonds. The van der Waals surface area contributed by atoms with Gasteiger partial charge in [-0.05, 0) is 13.0 Å². The first-order chi connectivity index (χ1) is 6.92. The third-order valence-electron chi connectivity index (χ3n) is 1.69. The second-order valence-corrected chi connectivity index (χ2v) is 3.03. The number of aromatic nitrogens is 1. The zero-order valence-corrected chi connectivity index (χ0v) is 9.36. The van der Waals surface area contributed by atoms with Gasteiger partial charge in [-0.2, -0.15) is 13.2 Å². The molecule has 16 heavy (non-hydrogen) atoms. The normalized spacial score (nSPS) is 10.8. The SMILES string of the molecule is Cc1ccc(CN)nc1OCC(F)(F)F.Cl. The van der Waals surface area contributed by atoms with Crippen molar-refractivity contribution in [1.29, 1.82) is 0 Å². The Morgan fingerprint density at radius 1 is 1.38 bits per heavy atom. The highest BCUT2D eigenvalue weighted by Crippen LogP contribution is 2.20. The topological polar surface area (TPSA) is 48.1 Å². The molecule has 0 saturated heterocycles. The van der Waals surface area contributed by atoms with Gasteiger partial charge in [0.15, 0.2) is 6.61 Å². The van der Waals surface area contributed by atoms with Crippen LogP contribution >= 0.6 is 12.4 Å². The first-order valence-corrected chi connectivity index (χ1v) is 4.28. The Morgan fingerprint density at radius 3 is 2.50 bits per heavy atom. The molecule has 2 N–H and O–H groups in total. The number of aryl methyl sites for hydroxylation is 1. The average molecular weight is 257 g/mol. The van der Waals surface area contributed by atoms with Crippen molar-refractivity contribution < 1.29 is 17.9 Å². The molecule has 0 unspecified atom stereocenters. The summed E-state index contributed by atoms with van der Waals surface area (Å²) in [4.78, 5) is 3.85. The lowest BCUT2D eigenvalue weighted by molar-refractivity contribution is -0.154. The van der Waals surface area contributed by atoms with Crippen LogP contribution < -0.4 is 10.5 Å². The number of hydrogen-bond acceptors (Lipinski definition) is 3. The molecule has 3 nitrogen and oxygen atoms in total. The van der Waals surface area contributed by atoms with Crippen LogP contribution in [0.3, 0.4) is 0 Å². The van der Waals surface area contributed by atoms with Crippen molar-refractivity contribution in [3.8, 4) is 5.88 Å². The molecule has 0 bridgehead atoms. The van der Waals surface area contributed by atoms with Gasteiger partial charge in [0.25, 0.3) is 0 Å². The lowest BCUT2D eigenvalue weighted by atomic mass is 10.2. The molecule has 0 aliphatic carbocycles. The standard InChI is InChI=1S/C9H11F3N2O.ClH/c1-6-2-3-7(4-13)14-8(6)15-5-9(10,11)12;/h2-3H,4-5,13H2,1H3;1H. The summed E-state index contributed by atoms with van der Waals surface area (Å²) in [5.74, 6) is -0.0183. The summed E-state index contributed by atoms with van der Waals surface area (Å²) in [6, 6.07) is 3.27. The van der Waals surface area contributed by atoms with Gasteiger partial charge >= 0.3 is 6.18 Å². The zero-order chi connectivity index (χ0) is 11.5. The number of hydrogen-bond donors (Lipinski definition) is 1. The van der Waals surface area contributed by atoms with E-state index in [4.69, 9.17) is 5.73 Å². The molecule has 7 heteroatoms. The fourth-order valence-electron chi connectivity index (χ4n) is 0.958. The van der Waals surface area contributed by atoms with Crippen molar-refractivity contribution in [3.05, 3.63) is 23.4 Å². The van der Waals surface area contributed by atoms with Crippen LogP contribution in [0.4, 0.5) is 13.2 Å². The van der Waals surface area contributed by atoms with Crippen LogP contribution in [0.5, 0.6) is 5.88 Å². The van der Waals surface area contributed by atoms with Crippen LogP contribution in [-0.2, 0) is 6.54 Å². The molecule has 0 spiro atoms. The van der Waals surface area contributed by atoms with Crippen molar-refractivity contribution in [2.75, 3.05) is 6.61 Å². The molecule has 0 aromatic carbocycles. The highest BCUT2D eigenvalue weighted by atomic mass is 35.5. The quantitative estimate of drug-likeness (QED) is 0.902. The maximum Gasteiger partial charge on any atom is 0.422 e. The summed E-state index contributed by atoms with van der Waals surface area (Å²) in [5, 5.41) is 0. The minimum absolute atomic E-state index is 0. The summed E-state index contributed by atoms with van der Waals surface area (Å²) in [7, 11) is 0. The Morgan fingerprint density at radius 2 is 2.00 bits per heavy atom. The fourth-order valence-corrected chi connectivity index (χ4v) is 0.958. The molecular weight excluding hydrogens is 245 g/mol. The monoisotopic (exact) mass is 256 g/mol. The third-order valence-corrected chi connectivity index (χ3v) is 1.69. The maximum atomic E-state index is 11.9. The van der Waals surface area contributed by atoms with Crippen LogP contribution in [0.15, 0.2) is 12.1 Å². The van der Waals surface area contributed by atoms with E-state index in [1.165, 1.54) is 0 Å². The van der Waals surface area contributed by atoms with E-state index in [-0.39, 0.29) is 24.8 Å². The Bertz CT molecular complexity index is 344. The summed E-state index contributed by atoms with van der Waals surface area (Å²) in [6.07, 6.45) is -4.35. The number of halogens is 4. The van der Waals surface area contributed by atoms with Crippen LogP contribution in [-0.4, -0.2) is 17.8 Å². The molecule has 0 atom stereocenters. The Balaban J connectivity index is 0.00000225. The molecule has 1 rings (SSSR count). The minimum atomic E-state index is -4.35. The predicted octanol–water partition coefficient (Wildman–Crippen LogP) is 2.21. The van der Waals surface area contributed by atoms with Gasteiger partial charge < -0.3 is 10.5 Å². The van der Waals surface area contributed by atoms with Gasteiger partial charge in [-0.15, -0.1) is 12.4 Å². The van der Waals surface area contributed by atoms with Crippen molar-refractivity contribution in [2.24, 2.45) is 5.73 Å². The second kappa shape index (κ2) is 5.91. The minimum Gasteiger partial charge on any atom is -0.468 e. The van der Waals surface area contributed by atoms with Gasteiger partial charge in [0.1, 0.15) is 0 Å². The largest absolute Gasteiger partial charge is 0.468 e. The predicted molar refractivity (Wildman–Crippen MR) is 55.7 cm³/mol. The Labute approximate surface area is 97.2 Å². The number of alkyl halides is 3. The summed E-state index contributed by atoms with van der Waals surface area (Å²) in [6.45, 7) is 0.455. The average Bonchev–Trinajstić information content (AvgIpc) is 2.15. The molecule has 1 aromatic rings. The van der Waals surface area contributed by atoms with E-state index in [1.807, 2.05) is 0 Å². The molecule has 0 fully saturated rings. The van der Waals surface area contributed by atoms with Gasteiger partial charge in [-0.3, -0.25) is 0 Å². The lowest BCUT2D eigenvalue weighted by Crippen LogP contribution is -2.20. The molecule has 0 aliphatic heterocycles. The Hall–Kier alpha value is -1.01. The summed E-state index contributed by atoms with van der Waals surface area (Å²) in [5.41, 5.74) is 6.36. The molecule has 1 heterocycles. The van der Waals surface area contributed by atoms with E-state index in [0.717, 1.165) is 0 Å². The highest BCUT2D eigenvalue weighted by molar-refractivity contribution is 5.85. The van der Waals surface area contributed by atoms with Crippen molar-refractivity contribution in [1.82, 2.24) is 4.98 Å². The molecule has 0 radical (unpaired) electrons.